The maximum absolute atomic E-state index is 13.0. The van der Waals surface area contributed by atoms with Crippen molar-refractivity contribution >= 4 is 11.6 Å². The monoisotopic (exact) mass is 293 g/mol. The van der Waals surface area contributed by atoms with Gasteiger partial charge in [0.1, 0.15) is 5.82 Å². The van der Waals surface area contributed by atoms with Crippen LogP contribution in [0, 0.1) is 5.82 Å². The first kappa shape index (κ1) is 14.8. The number of benzene rings is 1. The zero-order valence-electron chi connectivity index (χ0n) is 11.6. The number of nitrogens with zero attached hydrogens (tertiary/aromatic N) is 1. The van der Waals surface area contributed by atoms with Gasteiger partial charge in [0.05, 0.1) is 11.6 Å². The van der Waals surface area contributed by atoms with Gasteiger partial charge in [-0.2, -0.15) is 0 Å². The molecule has 4 heteroatoms. The number of hydrogen-bond donors (Lipinski definition) is 0. The number of aromatic nitrogens is 1. The summed E-state index contributed by atoms with van der Waals surface area (Å²) in [5.41, 5.74) is 2.12. The summed E-state index contributed by atoms with van der Waals surface area (Å²) in [6, 6.07) is 9.84. The molecule has 0 aliphatic heterocycles. The lowest BCUT2D eigenvalue weighted by atomic mass is 10.1. The Kier molecular flexibility index (Phi) is 4.61. The van der Waals surface area contributed by atoms with E-state index in [1.807, 2.05) is 19.9 Å². The number of rotatable bonds is 4. The van der Waals surface area contributed by atoms with E-state index in [9.17, 15) is 9.18 Å². The molecule has 0 aliphatic carbocycles. The van der Waals surface area contributed by atoms with Crippen LogP contribution in [0.5, 0.6) is 0 Å². The highest BCUT2D eigenvalue weighted by atomic mass is 35.5. The largest absolute Gasteiger partial charge is 0.305 e. The molecule has 0 fully saturated rings. The maximum Gasteiger partial charge on any atom is 0.255 e. The van der Waals surface area contributed by atoms with Gasteiger partial charge in [0.15, 0.2) is 0 Å². The van der Waals surface area contributed by atoms with E-state index in [4.69, 9.17) is 11.6 Å². The van der Waals surface area contributed by atoms with Gasteiger partial charge in [-0.1, -0.05) is 13.0 Å². The minimum atomic E-state index is -0.288. The van der Waals surface area contributed by atoms with Crippen molar-refractivity contribution in [1.29, 1.82) is 0 Å². The molecule has 2 nitrogen and oxygen atoms in total. The lowest BCUT2D eigenvalue weighted by Crippen LogP contribution is -2.27. The van der Waals surface area contributed by atoms with Gasteiger partial charge >= 0.3 is 0 Å². The van der Waals surface area contributed by atoms with Gasteiger partial charge < -0.3 is 4.57 Å². The van der Waals surface area contributed by atoms with Crippen LogP contribution < -0.4 is 5.56 Å². The molecule has 106 valence electrons. The van der Waals surface area contributed by atoms with Crippen LogP contribution >= 0.6 is 11.6 Å². The first-order valence-corrected chi connectivity index (χ1v) is 7.18. The molecule has 0 bridgehead atoms. The van der Waals surface area contributed by atoms with Crippen molar-refractivity contribution in [1.82, 2.24) is 4.57 Å². The molecule has 0 N–H and O–H groups in total. The topological polar surface area (TPSA) is 22.0 Å². The Bertz CT molecular complexity index is 649. The molecule has 0 spiro atoms. The Hall–Kier alpha value is -1.61. The molecular weight excluding hydrogens is 277 g/mol. The summed E-state index contributed by atoms with van der Waals surface area (Å²) in [7, 11) is 0. The van der Waals surface area contributed by atoms with Crippen LogP contribution in [0.4, 0.5) is 4.39 Å². The van der Waals surface area contributed by atoms with Crippen molar-refractivity contribution in [2.45, 2.75) is 32.2 Å². The van der Waals surface area contributed by atoms with E-state index < -0.39 is 0 Å². The van der Waals surface area contributed by atoms with E-state index in [0.717, 1.165) is 17.7 Å². The Morgan fingerprint density at radius 1 is 1.20 bits per heavy atom. The Morgan fingerprint density at radius 3 is 2.40 bits per heavy atom. The van der Waals surface area contributed by atoms with Crippen LogP contribution in [0.15, 0.2) is 41.2 Å². The van der Waals surface area contributed by atoms with E-state index in [1.54, 1.807) is 22.8 Å². The highest BCUT2D eigenvalue weighted by molar-refractivity contribution is 6.17. The molecule has 20 heavy (non-hydrogen) atoms. The lowest BCUT2D eigenvalue weighted by molar-refractivity contribution is 0.517. The second kappa shape index (κ2) is 6.23. The van der Waals surface area contributed by atoms with E-state index in [1.165, 1.54) is 12.1 Å². The zero-order chi connectivity index (χ0) is 14.7. The summed E-state index contributed by atoms with van der Waals surface area (Å²) in [4.78, 5) is 12.5. The first-order chi connectivity index (χ1) is 9.58. The molecule has 1 heterocycles. The molecule has 0 aliphatic rings. The highest BCUT2D eigenvalue weighted by Crippen LogP contribution is 2.23. The van der Waals surface area contributed by atoms with E-state index in [-0.39, 0.29) is 23.3 Å². The minimum absolute atomic E-state index is 0.0609. The quantitative estimate of drug-likeness (QED) is 0.768. The molecule has 0 saturated heterocycles. The molecule has 1 atom stereocenters. The molecule has 0 amide bonds. The fourth-order valence-corrected chi connectivity index (χ4v) is 2.38. The second-order valence-corrected chi connectivity index (χ2v) is 5.08. The average molecular weight is 294 g/mol. The van der Waals surface area contributed by atoms with Gasteiger partial charge in [-0.25, -0.2) is 4.39 Å². The normalized spacial score (nSPS) is 12.4. The lowest BCUT2D eigenvalue weighted by Gasteiger charge is -2.19. The summed E-state index contributed by atoms with van der Waals surface area (Å²) >= 11 is 5.81. The van der Waals surface area contributed by atoms with Gasteiger partial charge in [-0.3, -0.25) is 4.79 Å². The first-order valence-electron chi connectivity index (χ1n) is 6.64. The van der Waals surface area contributed by atoms with E-state index in [0.29, 0.717) is 5.56 Å². The summed E-state index contributed by atoms with van der Waals surface area (Å²) in [6.45, 7) is 4.02. The molecule has 0 saturated carbocycles. The molecule has 1 aromatic carbocycles. The van der Waals surface area contributed by atoms with Gasteiger partial charge in [0.2, 0.25) is 0 Å². The minimum Gasteiger partial charge on any atom is -0.305 e. The summed E-state index contributed by atoms with van der Waals surface area (Å²) in [5, 5.41) is 0. The van der Waals surface area contributed by atoms with Crippen molar-refractivity contribution in [2.75, 3.05) is 0 Å². The van der Waals surface area contributed by atoms with E-state index >= 15 is 0 Å². The predicted octanol–water partition coefficient (Wildman–Crippen LogP) is 4.36. The molecule has 2 rings (SSSR count). The molecule has 1 unspecified atom stereocenters. The zero-order valence-corrected chi connectivity index (χ0v) is 12.3. The van der Waals surface area contributed by atoms with Crippen molar-refractivity contribution in [2.24, 2.45) is 0 Å². The van der Waals surface area contributed by atoms with Crippen molar-refractivity contribution < 1.29 is 4.39 Å². The number of alkyl halides is 1. The molecule has 0 radical (unpaired) electrons. The third-order valence-electron chi connectivity index (χ3n) is 3.51. The van der Waals surface area contributed by atoms with Crippen LogP contribution in [0.25, 0.3) is 11.3 Å². The van der Waals surface area contributed by atoms with E-state index in [2.05, 4.69) is 0 Å². The smallest absolute Gasteiger partial charge is 0.255 e. The summed E-state index contributed by atoms with van der Waals surface area (Å²) in [5.74, 6) is -0.0949. The molecule has 1 aromatic heterocycles. The van der Waals surface area contributed by atoms with Crippen LogP contribution in [-0.2, 0) is 5.88 Å². The Labute approximate surface area is 122 Å². The second-order valence-electron chi connectivity index (χ2n) is 4.82. The predicted molar refractivity (Wildman–Crippen MR) is 80.7 cm³/mol. The maximum atomic E-state index is 13.0. The number of halogens is 2. The molecule has 2 aromatic rings. The van der Waals surface area contributed by atoms with Gasteiger partial charge in [-0.05, 0) is 49.2 Å². The number of hydrogen-bond acceptors (Lipinski definition) is 1. The SMILES string of the molecule is CCC(C)n1c(-c2ccc(F)cc2)ccc(CCl)c1=O. The van der Waals surface area contributed by atoms with Crippen LogP contribution in [-0.4, -0.2) is 4.57 Å². The van der Waals surface area contributed by atoms with Crippen LogP contribution in [0.1, 0.15) is 31.9 Å². The summed E-state index contributed by atoms with van der Waals surface area (Å²) < 4.78 is 14.8. The molecular formula is C16H17ClFNO. The Balaban J connectivity index is 2.66. The van der Waals surface area contributed by atoms with Crippen LogP contribution in [0.3, 0.4) is 0 Å². The van der Waals surface area contributed by atoms with Gasteiger partial charge in [0, 0.05) is 11.6 Å². The average Bonchev–Trinajstić information content (AvgIpc) is 2.47. The third-order valence-corrected chi connectivity index (χ3v) is 3.80. The van der Waals surface area contributed by atoms with Crippen molar-refractivity contribution in [3.8, 4) is 11.3 Å². The highest BCUT2D eigenvalue weighted by Gasteiger charge is 2.14. The fraction of sp³-hybridized carbons (Fsp3) is 0.312. The fourth-order valence-electron chi connectivity index (χ4n) is 2.17. The van der Waals surface area contributed by atoms with Crippen LogP contribution in [0.2, 0.25) is 0 Å². The van der Waals surface area contributed by atoms with Crippen molar-refractivity contribution in [3.63, 3.8) is 0 Å². The Morgan fingerprint density at radius 2 is 1.85 bits per heavy atom. The standard InChI is InChI=1S/C16H17ClFNO/c1-3-11(2)19-15(9-6-13(10-17)16(19)20)12-4-7-14(18)8-5-12/h4-9,11H,3,10H2,1-2H3. The van der Waals surface area contributed by atoms with Crippen molar-refractivity contribution in [3.05, 3.63) is 58.1 Å². The van der Waals surface area contributed by atoms with Gasteiger partial charge in [0.25, 0.3) is 5.56 Å². The summed E-state index contributed by atoms with van der Waals surface area (Å²) in [6.07, 6.45) is 0.833. The van der Waals surface area contributed by atoms with Gasteiger partial charge in [-0.15, -0.1) is 11.6 Å². The number of pyridine rings is 1. The third kappa shape index (κ3) is 2.78.